The summed E-state index contributed by atoms with van der Waals surface area (Å²) in [6, 6.07) is 0. The Balaban J connectivity index is 3.14. The van der Waals surface area contributed by atoms with Gasteiger partial charge in [0.25, 0.3) is 0 Å². The van der Waals surface area contributed by atoms with Crippen LogP contribution in [0, 0.1) is 11.2 Å². The number of hydrogen-bond donors (Lipinski definition) is 0. The van der Waals surface area contributed by atoms with Crippen LogP contribution in [-0.2, 0) is 0 Å². The minimum Gasteiger partial charge on any atom is -0.157 e. The van der Waals surface area contributed by atoms with Gasteiger partial charge in [0.2, 0.25) is 0 Å². The Kier molecular flexibility index (Phi) is 3.53. The average Bonchev–Trinajstić information content (AvgIpc) is 1.65. The van der Waals surface area contributed by atoms with Gasteiger partial charge in [-0.25, -0.2) is 0 Å². The van der Waals surface area contributed by atoms with E-state index in [1.807, 2.05) is 11.8 Å². The molecule has 0 spiro atoms. The molecular formula is C6H13S. The van der Waals surface area contributed by atoms with Gasteiger partial charge in [0.05, 0.1) is 0 Å². The van der Waals surface area contributed by atoms with Crippen molar-refractivity contribution in [1.29, 1.82) is 0 Å². The Bertz CT molecular complexity index is 41.4. The zero-order chi connectivity index (χ0) is 5.86. The highest BCUT2D eigenvalue weighted by Gasteiger charge is 2.02. The molecule has 1 heteroatoms. The van der Waals surface area contributed by atoms with Crippen LogP contribution in [0.25, 0.3) is 0 Å². The molecule has 0 aliphatic heterocycles. The molecule has 0 nitrogen and oxygen atoms in total. The van der Waals surface area contributed by atoms with Crippen LogP contribution in [-0.4, -0.2) is 6.26 Å². The van der Waals surface area contributed by atoms with Gasteiger partial charge in [0, 0.05) is 5.25 Å². The van der Waals surface area contributed by atoms with Gasteiger partial charge < -0.3 is 0 Å². The Hall–Kier alpha value is 0.350. The highest BCUT2D eigenvalue weighted by atomic mass is 32.2. The average molecular weight is 117 g/mol. The number of rotatable bonds is 2. The maximum absolute atomic E-state index is 2.21. The van der Waals surface area contributed by atoms with E-state index in [2.05, 4.69) is 27.0 Å². The predicted octanol–water partition coefficient (Wildman–Crippen LogP) is 2.56. The second-order valence-corrected chi connectivity index (χ2v) is 3.02. The van der Waals surface area contributed by atoms with Crippen LogP contribution in [0.4, 0.5) is 0 Å². The summed E-state index contributed by atoms with van der Waals surface area (Å²) in [6.07, 6.45) is 2.12. The van der Waals surface area contributed by atoms with Crippen molar-refractivity contribution in [3.8, 4) is 0 Å². The highest BCUT2D eigenvalue weighted by Crippen LogP contribution is 2.22. The predicted molar refractivity (Wildman–Crippen MR) is 37.3 cm³/mol. The van der Waals surface area contributed by atoms with Crippen LogP contribution in [0.15, 0.2) is 0 Å². The lowest BCUT2D eigenvalue weighted by molar-refractivity contribution is 0.739. The van der Waals surface area contributed by atoms with E-state index in [1.165, 1.54) is 5.25 Å². The molecule has 0 saturated carbocycles. The van der Waals surface area contributed by atoms with Crippen LogP contribution in [0.5, 0.6) is 0 Å². The summed E-state index contributed by atoms with van der Waals surface area (Å²) in [5.41, 5.74) is 0. The molecule has 0 heterocycles. The van der Waals surface area contributed by atoms with Crippen LogP contribution in [0.1, 0.15) is 20.8 Å². The lowest BCUT2D eigenvalue weighted by Gasteiger charge is -2.09. The Morgan fingerprint density at radius 3 is 1.86 bits per heavy atom. The van der Waals surface area contributed by atoms with Crippen LogP contribution < -0.4 is 0 Å². The zero-order valence-corrected chi connectivity index (χ0v) is 6.30. The fourth-order valence-corrected chi connectivity index (χ4v) is 0.707. The summed E-state index contributed by atoms with van der Waals surface area (Å²) >= 11 is 1.85. The monoisotopic (exact) mass is 117 g/mol. The summed E-state index contributed by atoms with van der Waals surface area (Å²) in [4.78, 5) is 0. The molecule has 7 heavy (non-hydrogen) atoms. The summed E-state index contributed by atoms with van der Waals surface area (Å²) in [6.45, 7) is 6.60. The van der Waals surface area contributed by atoms with Gasteiger partial charge in [-0.1, -0.05) is 13.8 Å². The zero-order valence-electron chi connectivity index (χ0n) is 5.49. The lowest BCUT2D eigenvalue weighted by atomic mass is 10.2. The topological polar surface area (TPSA) is 0 Å². The van der Waals surface area contributed by atoms with E-state index >= 15 is 0 Å². The Labute approximate surface area is 50.7 Å². The van der Waals surface area contributed by atoms with Crippen LogP contribution >= 0.6 is 11.8 Å². The number of thioether (sulfide) groups is 1. The molecule has 0 saturated heterocycles. The quantitative estimate of drug-likeness (QED) is 0.535. The SMILES string of the molecule is CS[C](C)C(C)C. The first kappa shape index (κ1) is 7.35. The lowest BCUT2D eigenvalue weighted by Crippen LogP contribution is -1.93. The van der Waals surface area contributed by atoms with Crippen molar-refractivity contribution in [3.63, 3.8) is 0 Å². The fraction of sp³-hybridized carbons (Fsp3) is 0.833. The molecule has 0 unspecified atom stereocenters. The third-order valence-electron chi connectivity index (χ3n) is 1.14. The van der Waals surface area contributed by atoms with Gasteiger partial charge in [0.15, 0.2) is 0 Å². The van der Waals surface area contributed by atoms with E-state index < -0.39 is 0 Å². The first-order chi connectivity index (χ1) is 3.18. The van der Waals surface area contributed by atoms with E-state index in [0.29, 0.717) is 0 Å². The largest absolute Gasteiger partial charge is 0.157 e. The molecule has 0 bridgehead atoms. The van der Waals surface area contributed by atoms with Crippen molar-refractivity contribution < 1.29 is 0 Å². The smallest absolute Gasteiger partial charge is 0.0298 e. The second-order valence-electron chi connectivity index (χ2n) is 1.97. The summed E-state index contributed by atoms with van der Waals surface area (Å²) < 4.78 is 0. The van der Waals surface area contributed by atoms with Crippen molar-refractivity contribution in [1.82, 2.24) is 0 Å². The molecule has 43 valence electrons. The molecule has 0 aliphatic carbocycles. The van der Waals surface area contributed by atoms with Crippen LogP contribution in [0.2, 0.25) is 0 Å². The highest BCUT2D eigenvalue weighted by molar-refractivity contribution is 8.01. The molecule has 0 aromatic heterocycles. The first-order valence-corrected chi connectivity index (χ1v) is 3.78. The molecule has 0 fully saturated rings. The Morgan fingerprint density at radius 2 is 1.86 bits per heavy atom. The van der Waals surface area contributed by atoms with Crippen LogP contribution in [0.3, 0.4) is 0 Å². The Morgan fingerprint density at radius 1 is 1.43 bits per heavy atom. The molecule has 1 radical (unpaired) electrons. The van der Waals surface area contributed by atoms with Gasteiger partial charge in [0.1, 0.15) is 0 Å². The first-order valence-electron chi connectivity index (χ1n) is 2.56. The van der Waals surface area contributed by atoms with E-state index in [0.717, 1.165) is 5.92 Å². The van der Waals surface area contributed by atoms with Gasteiger partial charge in [-0.05, 0) is 19.1 Å². The minimum atomic E-state index is 0.745. The molecule has 0 rings (SSSR count). The number of hydrogen-bond acceptors (Lipinski definition) is 1. The summed E-state index contributed by atoms with van der Waals surface area (Å²) in [5, 5.41) is 1.51. The molecule has 0 N–H and O–H groups in total. The fourth-order valence-electron chi connectivity index (χ4n) is 0.236. The molecule has 0 atom stereocenters. The van der Waals surface area contributed by atoms with E-state index in [9.17, 15) is 0 Å². The van der Waals surface area contributed by atoms with Gasteiger partial charge in [-0.3, -0.25) is 0 Å². The van der Waals surface area contributed by atoms with E-state index in [-0.39, 0.29) is 0 Å². The van der Waals surface area contributed by atoms with Crippen molar-refractivity contribution >= 4 is 11.8 Å². The molecular weight excluding hydrogens is 104 g/mol. The maximum Gasteiger partial charge on any atom is 0.0298 e. The van der Waals surface area contributed by atoms with Gasteiger partial charge >= 0.3 is 0 Å². The van der Waals surface area contributed by atoms with Crippen molar-refractivity contribution in [3.05, 3.63) is 5.25 Å². The molecule has 0 aromatic rings. The third-order valence-corrected chi connectivity index (χ3v) is 2.25. The van der Waals surface area contributed by atoms with Gasteiger partial charge in [-0.2, -0.15) is 11.8 Å². The third kappa shape index (κ3) is 2.98. The van der Waals surface area contributed by atoms with Gasteiger partial charge in [-0.15, -0.1) is 0 Å². The normalized spacial score (nSPS) is 11.1. The second kappa shape index (κ2) is 3.36. The van der Waals surface area contributed by atoms with Crippen molar-refractivity contribution in [2.24, 2.45) is 5.92 Å². The molecule has 0 amide bonds. The standard InChI is InChI=1S/C6H13S/c1-5(2)6(3)7-4/h5H,1-4H3. The minimum absolute atomic E-state index is 0.745. The maximum atomic E-state index is 2.21. The van der Waals surface area contributed by atoms with Crippen molar-refractivity contribution in [2.45, 2.75) is 20.8 Å². The molecule has 0 aromatic carbocycles. The summed E-state index contributed by atoms with van der Waals surface area (Å²) in [5.74, 6) is 0.745. The van der Waals surface area contributed by atoms with E-state index in [4.69, 9.17) is 0 Å². The molecule has 0 aliphatic rings. The van der Waals surface area contributed by atoms with E-state index in [1.54, 1.807) is 0 Å². The van der Waals surface area contributed by atoms with Crippen molar-refractivity contribution in [2.75, 3.05) is 6.26 Å². The summed E-state index contributed by atoms with van der Waals surface area (Å²) in [7, 11) is 0.